The first-order chi connectivity index (χ1) is 11.1. The normalized spacial score (nSPS) is 25.0. The second-order valence-corrected chi connectivity index (χ2v) is 6.79. The first-order valence-corrected chi connectivity index (χ1v) is 8.42. The Kier molecular flexibility index (Phi) is 4.87. The zero-order chi connectivity index (χ0) is 16.4. The summed E-state index contributed by atoms with van der Waals surface area (Å²) in [6.07, 6.45) is 2.13. The van der Waals surface area contributed by atoms with Gasteiger partial charge in [0.1, 0.15) is 0 Å². The lowest BCUT2D eigenvalue weighted by molar-refractivity contribution is -0.137. The number of rotatable bonds is 3. The fourth-order valence-corrected chi connectivity index (χ4v) is 3.54. The van der Waals surface area contributed by atoms with Crippen LogP contribution in [0.2, 0.25) is 5.02 Å². The summed E-state index contributed by atoms with van der Waals surface area (Å²) in [5.74, 6) is -0.123. The van der Waals surface area contributed by atoms with E-state index >= 15 is 0 Å². The Morgan fingerprint density at radius 1 is 1.26 bits per heavy atom. The van der Waals surface area contributed by atoms with Gasteiger partial charge in [-0.3, -0.25) is 9.59 Å². The minimum Gasteiger partial charge on any atom is -0.396 e. The number of benzene rings is 1. The molecule has 2 heterocycles. The average Bonchev–Trinajstić information content (AvgIpc) is 2.97. The summed E-state index contributed by atoms with van der Waals surface area (Å²) in [6, 6.07) is 7.09. The molecule has 0 spiro atoms. The first kappa shape index (κ1) is 16.3. The van der Waals surface area contributed by atoms with Crippen LogP contribution in [0.15, 0.2) is 24.3 Å². The van der Waals surface area contributed by atoms with Crippen molar-refractivity contribution < 1.29 is 14.7 Å². The number of likely N-dealkylation sites (tertiary alicyclic amines) is 1. The van der Waals surface area contributed by atoms with Crippen LogP contribution < -0.4 is 4.90 Å². The van der Waals surface area contributed by atoms with Gasteiger partial charge < -0.3 is 14.9 Å². The van der Waals surface area contributed by atoms with E-state index in [-0.39, 0.29) is 36.7 Å². The van der Waals surface area contributed by atoms with Gasteiger partial charge in [0, 0.05) is 43.4 Å². The fourth-order valence-electron chi connectivity index (χ4n) is 3.42. The van der Waals surface area contributed by atoms with Crippen LogP contribution in [-0.2, 0) is 9.59 Å². The molecular weight excluding hydrogens is 316 g/mol. The maximum absolute atomic E-state index is 12.7. The molecule has 1 aromatic carbocycles. The molecule has 3 rings (SSSR count). The Bertz CT molecular complexity index is 590. The molecule has 0 aliphatic carbocycles. The highest BCUT2D eigenvalue weighted by atomic mass is 35.5. The topological polar surface area (TPSA) is 60.9 Å². The Hall–Kier alpha value is -1.59. The van der Waals surface area contributed by atoms with E-state index in [1.807, 2.05) is 4.90 Å². The molecule has 2 saturated heterocycles. The van der Waals surface area contributed by atoms with Crippen LogP contribution in [0.5, 0.6) is 0 Å². The van der Waals surface area contributed by atoms with Crippen LogP contribution in [0.1, 0.15) is 19.3 Å². The summed E-state index contributed by atoms with van der Waals surface area (Å²) in [4.78, 5) is 28.4. The van der Waals surface area contributed by atoms with Gasteiger partial charge in [-0.05, 0) is 43.0 Å². The maximum Gasteiger partial charge on any atom is 0.228 e. The van der Waals surface area contributed by atoms with E-state index in [4.69, 9.17) is 11.6 Å². The molecule has 1 aromatic rings. The molecule has 0 bridgehead atoms. The number of hydrogen-bond acceptors (Lipinski definition) is 3. The smallest absolute Gasteiger partial charge is 0.228 e. The van der Waals surface area contributed by atoms with Gasteiger partial charge in [-0.2, -0.15) is 0 Å². The summed E-state index contributed by atoms with van der Waals surface area (Å²) in [6.45, 7) is 1.85. The van der Waals surface area contributed by atoms with E-state index in [2.05, 4.69) is 0 Å². The van der Waals surface area contributed by atoms with Crippen molar-refractivity contribution in [1.82, 2.24) is 4.90 Å². The number of nitrogens with zero attached hydrogens (tertiary/aromatic N) is 2. The van der Waals surface area contributed by atoms with Crippen molar-refractivity contribution in [2.24, 2.45) is 11.8 Å². The number of carbonyl (C=O) groups excluding carboxylic acids is 2. The number of amides is 2. The Balaban J connectivity index is 1.67. The van der Waals surface area contributed by atoms with E-state index in [0.717, 1.165) is 25.1 Å². The third-order valence-corrected chi connectivity index (χ3v) is 4.95. The lowest BCUT2D eigenvalue weighted by atomic mass is 9.97. The molecule has 2 aliphatic rings. The molecule has 2 fully saturated rings. The molecular formula is C17H21ClN2O3. The highest BCUT2D eigenvalue weighted by Crippen LogP contribution is 2.28. The SMILES string of the molecule is O=C(C1CC(=O)N(c2ccc(Cl)cc2)C1)N1CCCC(CO)C1. The number of aliphatic hydroxyl groups excluding tert-OH is 1. The predicted octanol–water partition coefficient (Wildman–Crippen LogP) is 1.92. The Morgan fingerprint density at radius 3 is 2.70 bits per heavy atom. The van der Waals surface area contributed by atoms with E-state index in [1.165, 1.54) is 0 Å². The molecule has 0 saturated carbocycles. The first-order valence-electron chi connectivity index (χ1n) is 8.04. The minimum atomic E-state index is -0.296. The van der Waals surface area contributed by atoms with Gasteiger partial charge in [-0.1, -0.05) is 11.6 Å². The molecule has 5 nitrogen and oxygen atoms in total. The zero-order valence-corrected chi connectivity index (χ0v) is 13.7. The number of halogens is 1. The van der Waals surface area contributed by atoms with Gasteiger partial charge in [-0.25, -0.2) is 0 Å². The minimum absolute atomic E-state index is 0.0265. The van der Waals surface area contributed by atoms with E-state index in [9.17, 15) is 14.7 Å². The number of piperidine rings is 1. The summed E-state index contributed by atoms with van der Waals surface area (Å²) in [5.41, 5.74) is 0.779. The van der Waals surface area contributed by atoms with Gasteiger partial charge in [0.15, 0.2) is 0 Å². The number of aliphatic hydroxyl groups is 1. The number of hydrogen-bond donors (Lipinski definition) is 1. The molecule has 2 atom stereocenters. The van der Waals surface area contributed by atoms with Crippen molar-refractivity contribution in [2.45, 2.75) is 19.3 Å². The summed E-state index contributed by atoms with van der Waals surface area (Å²) < 4.78 is 0. The molecule has 124 valence electrons. The van der Waals surface area contributed by atoms with E-state index < -0.39 is 0 Å². The summed E-state index contributed by atoms with van der Waals surface area (Å²) >= 11 is 5.88. The van der Waals surface area contributed by atoms with Gasteiger partial charge in [0.25, 0.3) is 0 Å². The third kappa shape index (κ3) is 3.51. The highest BCUT2D eigenvalue weighted by Gasteiger charge is 2.38. The predicted molar refractivity (Wildman–Crippen MR) is 88.3 cm³/mol. The van der Waals surface area contributed by atoms with Gasteiger partial charge in [0.05, 0.1) is 5.92 Å². The van der Waals surface area contributed by atoms with Crippen molar-refractivity contribution in [1.29, 1.82) is 0 Å². The van der Waals surface area contributed by atoms with E-state index in [0.29, 0.717) is 18.1 Å². The largest absolute Gasteiger partial charge is 0.396 e. The van der Waals surface area contributed by atoms with Crippen LogP contribution in [-0.4, -0.2) is 48.1 Å². The zero-order valence-electron chi connectivity index (χ0n) is 12.9. The van der Waals surface area contributed by atoms with Crippen molar-refractivity contribution in [3.8, 4) is 0 Å². The van der Waals surface area contributed by atoms with Crippen LogP contribution in [0.3, 0.4) is 0 Å². The second-order valence-electron chi connectivity index (χ2n) is 6.36. The third-order valence-electron chi connectivity index (χ3n) is 4.70. The highest BCUT2D eigenvalue weighted by molar-refractivity contribution is 6.30. The van der Waals surface area contributed by atoms with Gasteiger partial charge in [0.2, 0.25) is 11.8 Å². The molecule has 1 N–H and O–H groups in total. The lowest BCUT2D eigenvalue weighted by Gasteiger charge is -2.33. The van der Waals surface area contributed by atoms with Crippen LogP contribution in [0, 0.1) is 11.8 Å². The van der Waals surface area contributed by atoms with Gasteiger partial charge in [-0.15, -0.1) is 0 Å². The maximum atomic E-state index is 12.7. The average molecular weight is 337 g/mol. The van der Waals surface area contributed by atoms with Crippen molar-refractivity contribution in [3.05, 3.63) is 29.3 Å². The van der Waals surface area contributed by atoms with Crippen LogP contribution in [0.25, 0.3) is 0 Å². The van der Waals surface area contributed by atoms with Crippen LogP contribution in [0.4, 0.5) is 5.69 Å². The molecule has 2 unspecified atom stereocenters. The van der Waals surface area contributed by atoms with E-state index in [1.54, 1.807) is 29.2 Å². The lowest BCUT2D eigenvalue weighted by Crippen LogP contribution is -2.44. The van der Waals surface area contributed by atoms with Crippen LogP contribution >= 0.6 is 11.6 Å². The number of anilines is 1. The van der Waals surface area contributed by atoms with Gasteiger partial charge >= 0.3 is 0 Å². The Morgan fingerprint density at radius 2 is 2.00 bits per heavy atom. The standard InChI is InChI=1S/C17H21ClN2O3/c18-14-3-5-15(6-4-14)20-10-13(8-16(20)22)17(23)19-7-1-2-12(9-19)11-21/h3-6,12-13,21H,1-2,7-11H2. The monoisotopic (exact) mass is 336 g/mol. The molecule has 23 heavy (non-hydrogen) atoms. The quantitative estimate of drug-likeness (QED) is 0.917. The summed E-state index contributed by atoms with van der Waals surface area (Å²) in [7, 11) is 0. The molecule has 0 aromatic heterocycles. The van der Waals surface area contributed by atoms with Crippen molar-refractivity contribution in [2.75, 3.05) is 31.1 Å². The molecule has 2 aliphatic heterocycles. The second kappa shape index (κ2) is 6.89. The number of carbonyl (C=O) groups is 2. The van der Waals surface area contributed by atoms with Crippen molar-refractivity contribution >= 4 is 29.1 Å². The molecule has 0 radical (unpaired) electrons. The molecule has 2 amide bonds. The molecule has 6 heteroatoms. The summed E-state index contributed by atoms with van der Waals surface area (Å²) in [5, 5.41) is 9.92. The Labute approximate surface area is 140 Å². The van der Waals surface area contributed by atoms with Crippen molar-refractivity contribution in [3.63, 3.8) is 0 Å². The fraction of sp³-hybridized carbons (Fsp3) is 0.529.